The molecule has 0 unspecified atom stereocenters. The highest BCUT2D eigenvalue weighted by molar-refractivity contribution is 7.92. The topological polar surface area (TPSA) is 75.3 Å². The van der Waals surface area contributed by atoms with E-state index in [1.54, 1.807) is 31.2 Å². The highest BCUT2D eigenvalue weighted by Crippen LogP contribution is 2.20. The largest absolute Gasteiger partial charge is 0.349 e. The van der Waals surface area contributed by atoms with Crippen molar-refractivity contribution in [3.05, 3.63) is 59.2 Å². The van der Waals surface area contributed by atoms with Crippen LogP contribution in [0.15, 0.2) is 47.4 Å². The minimum atomic E-state index is -3.77. The molecule has 0 heterocycles. The molecule has 2 aromatic carbocycles. The molecule has 0 aliphatic heterocycles. The molecular weight excluding hydrogens is 348 g/mol. The van der Waals surface area contributed by atoms with Crippen LogP contribution >= 0.6 is 0 Å². The van der Waals surface area contributed by atoms with E-state index in [9.17, 15) is 13.2 Å². The summed E-state index contributed by atoms with van der Waals surface area (Å²) in [4.78, 5) is 12.6. The predicted molar refractivity (Wildman–Crippen MR) is 105 cm³/mol. The van der Waals surface area contributed by atoms with E-state index < -0.39 is 10.0 Å². The van der Waals surface area contributed by atoms with Crippen molar-refractivity contribution in [2.75, 3.05) is 4.72 Å². The van der Waals surface area contributed by atoms with Crippen LogP contribution in [0, 0.1) is 13.8 Å². The summed E-state index contributed by atoms with van der Waals surface area (Å²) in [6.07, 6.45) is 1.66. The lowest BCUT2D eigenvalue weighted by atomic mass is 10.1. The molecule has 140 valence electrons. The average Bonchev–Trinajstić information content (AvgIpc) is 2.59. The van der Waals surface area contributed by atoms with E-state index in [2.05, 4.69) is 10.0 Å². The molecule has 2 aromatic rings. The van der Waals surface area contributed by atoms with Gasteiger partial charge in [0.2, 0.25) is 0 Å². The molecule has 0 aromatic heterocycles. The monoisotopic (exact) mass is 374 g/mol. The minimum Gasteiger partial charge on any atom is -0.349 e. The van der Waals surface area contributed by atoms with E-state index in [1.165, 1.54) is 12.1 Å². The molecular formula is C20H26N2O3S. The summed E-state index contributed by atoms with van der Waals surface area (Å²) in [7, 11) is -3.77. The van der Waals surface area contributed by atoms with Crippen molar-refractivity contribution in [2.24, 2.45) is 0 Å². The molecule has 5 nitrogen and oxygen atoms in total. The molecule has 2 rings (SSSR count). The standard InChI is InChI=1S/C20H26N2O3S/c1-5-16(6-2)21-20(23)19-13-18(11-10-15(19)4)26(24,25)22-17-9-7-8-14(3)12-17/h7-13,16,22H,5-6H2,1-4H3,(H,21,23). The Morgan fingerprint density at radius 3 is 2.35 bits per heavy atom. The Hall–Kier alpha value is -2.34. The first-order valence-electron chi connectivity index (χ1n) is 8.77. The Labute approximate surface area is 155 Å². The summed E-state index contributed by atoms with van der Waals surface area (Å²) in [6, 6.07) is 11.8. The van der Waals surface area contributed by atoms with E-state index in [0.29, 0.717) is 11.3 Å². The number of nitrogens with one attached hydrogen (secondary N) is 2. The van der Waals surface area contributed by atoms with Gasteiger partial charge in [-0.2, -0.15) is 0 Å². The molecule has 0 aliphatic carbocycles. The van der Waals surface area contributed by atoms with Crippen molar-refractivity contribution < 1.29 is 13.2 Å². The van der Waals surface area contributed by atoms with Crippen LogP contribution in [-0.2, 0) is 10.0 Å². The van der Waals surface area contributed by atoms with Gasteiger partial charge in [-0.1, -0.05) is 32.0 Å². The van der Waals surface area contributed by atoms with Crippen LogP contribution in [0.25, 0.3) is 0 Å². The fraction of sp³-hybridized carbons (Fsp3) is 0.350. The number of amides is 1. The second-order valence-electron chi connectivity index (χ2n) is 6.44. The van der Waals surface area contributed by atoms with Gasteiger partial charge in [0.25, 0.3) is 15.9 Å². The second-order valence-corrected chi connectivity index (χ2v) is 8.12. The van der Waals surface area contributed by atoms with E-state index in [-0.39, 0.29) is 16.8 Å². The van der Waals surface area contributed by atoms with Gasteiger partial charge in [0.15, 0.2) is 0 Å². The van der Waals surface area contributed by atoms with Crippen molar-refractivity contribution in [3.8, 4) is 0 Å². The number of carbonyl (C=O) groups is 1. The van der Waals surface area contributed by atoms with Crippen molar-refractivity contribution in [1.82, 2.24) is 5.32 Å². The molecule has 26 heavy (non-hydrogen) atoms. The molecule has 6 heteroatoms. The van der Waals surface area contributed by atoms with E-state index in [1.807, 2.05) is 26.8 Å². The van der Waals surface area contributed by atoms with Gasteiger partial charge >= 0.3 is 0 Å². The summed E-state index contributed by atoms with van der Waals surface area (Å²) < 4.78 is 27.9. The third-order valence-corrected chi connectivity index (χ3v) is 5.73. The molecule has 0 radical (unpaired) electrons. The van der Waals surface area contributed by atoms with Crippen LogP contribution < -0.4 is 10.0 Å². The fourth-order valence-electron chi connectivity index (χ4n) is 2.69. The number of sulfonamides is 1. The maximum absolute atomic E-state index is 12.7. The Bertz CT molecular complexity index is 888. The van der Waals surface area contributed by atoms with Crippen LogP contribution in [0.1, 0.15) is 48.2 Å². The fourth-order valence-corrected chi connectivity index (χ4v) is 3.77. The van der Waals surface area contributed by atoms with Crippen molar-refractivity contribution >= 4 is 21.6 Å². The summed E-state index contributed by atoms with van der Waals surface area (Å²) in [5.74, 6) is -0.246. The number of benzene rings is 2. The zero-order valence-electron chi connectivity index (χ0n) is 15.7. The predicted octanol–water partition coefficient (Wildman–Crippen LogP) is 4.02. The Kier molecular flexibility index (Phi) is 6.42. The molecule has 1 amide bonds. The highest BCUT2D eigenvalue weighted by atomic mass is 32.2. The van der Waals surface area contributed by atoms with Crippen LogP contribution in [0.2, 0.25) is 0 Å². The summed E-state index contributed by atoms with van der Waals surface area (Å²) in [6.45, 7) is 7.71. The lowest BCUT2D eigenvalue weighted by Crippen LogP contribution is -2.34. The van der Waals surface area contributed by atoms with Crippen LogP contribution in [0.3, 0.4) is 0 Å². The number of carbonyl (C=O) groups excluding carboxylic acids is 1. The second kappa shape index (κ2) is 8.36. The first-order valence-corrected chi connectivity index (χ1v) is 10.3. The van der Waals surface area contributed by atoms with Gasteiger partial charge in [0, 0.05) is 17.3 Å². The van der Waals surface area contributed by atoms with Crippen LogP contribution in [-0.4, -0.2) is 20.4 Å². The Morgan fingerprint density at radius 2 is 1.73 bits per heavy atom. The number of aryl methyl sites for hydroxylation is 2. The van der Waals surface area contributed by atoms with E-state index in [4.69, 9.17) is 0 Å². The average molecular weight is 375 g/mol. The SMILES string of the molecule is CCC(CC)NC(=O)c1cc(S(=O)(=O)Nc2cccc(C)c2)ccc1C. The summed E-state index contributed by atoms with van der Waals surface area (Å²) in [5, 5.41) is 2.96. The summed E-state index contributed by atoms with van der Waals surface area (Å²) >= 11 is 0. The molecule has 2 N–H and O–H groups in total. The maximum atomic E-state index is 12.7. The first kappa shape index (κ1) is 20.0. The quantitative estimate of drug-likeness (QED) is 0.768. The molecule has 0 fully saturated rings. The van der Waals surface area contributed by atoms with Gasteiger partial charge in [0.05, 0.1) is 4.90 Å². The van der Waals surface area contributed by atoms with Crippen LogP contribution in [0.4, 0.5) is 5.69 Å². The van der Waals surface area contributed by atoms with Gasteiger partial charge in [-0.25, -0.2) is 8.42 Å². The van der Waals surface area contributed by atoms with Gasteiger partial charge in [0.1, 0.15) is 0 Å². The third kappa shape index (κ3) is 4.85. The molecule has 0 aliphatic rings. The molecule has 0 spiro atoms. The lowest BCUT2D eigenvalue weighted by molar-refractivity contribution is 0.0934. The smallest absolute Gasteiger partial charge is 0.261 e. The normalized spacial score (nSPS) is 11.4. The molecule has 0 bridgehead atoms. The zero-order valence-corrected chi connectivity index (χ0v) is 16.5. The minimum absolute atomic E-state index is 0.0688. The van der Waals surface area contributed by atoms with Crippen LogP contribution in [0.5, 0.6) is 0 Å². The number of anilines is 1. The van der Waals surface area contributed by atoms with Crippen molar-refractivity contribution in [1.29, 1.82) is 0 Å². The third-order valence-electron chi connectivity index (χ3n) is 4.36. The first-order chi connectivity index (χ1) is 12.3. The maximum Gasteiger partial charge on any atom is 0.261 e. The Balaban J connectivity index is 2.31. The Morgan fingerprint density at radius 1 is 1.04 bits per heavy atom. The highest BCUT2D eigenvalue weighted by Gasteiger charge is 2.19. The summed E-state index contributed by atoms with van der Waals surface area (Å²) in [5.41, 5.74) is 2.57. The molecule has 0 saturated carbocycles. The molecule has 0 saturated heterocycles. The van der Waals surface area contributed by atoms with Gasteiger partial charge < -0.3 is 5.32 Å². The van der Waals surface area contributed by atoms with Gasteiger partial charge in [-0.05, 0) is 62.1 Å². The zero-order chi connectivity index (χ0) is 19.3. The number of hydrogen-bond donors (Lipinski definition) is 2. The van der Waals surface area contributed by atoms with Crippen molar-refractivity contribution in [3.63, 3.8) is 0 Å². The lowest BCUT2D eigenvalue weighted by Gasteiger charge is -2.16. The van der Waals surface area contributed by atoms with E-state index in [0.717, 1.165) is 24.0 Å². The number of hydrogen-bond acceptors (Lipinski definition) is 3. The van der Waals surface area contributed by atoms with Gasteiger partial charge in [-0.15, -0.1) is 0 Å². The van der Waals surface area contributed by atoms with Gasteiger partial charge in [-0.3, -0.25) is 9.52 Å². The van der Waals surface area contributed by atoms with Crippen molar-refractivity contribution in [2.45, 2.75) is 51.5 Å². The number of rotatable bonds is 7. The molecule has 0 atom stereocenters. The van der Waals surface area contributed by atoms with E-state index >= 15 is 0 Å².